The van der Waals surface area contributed by atoms with Crippen LogP contribution in [0.15, 0.2) is 0 Å². The van der Waals surface area contributed by atoms with E-state index in [4.69, 9.17) is 5.26 Å². The van der Waals surface area contributed by atoms with Crippen molar-refractivity contribution >= 4 is 29.1 Å². The first-order valence-corrected chi connectivity index (χ1v) is 8.10. The SMILES string of the molecule is CCCCCC1CCC1.O=CCC([AsH2])C(=O)OO. The van der Waals surface area contributed by atoms with Crippen molar-refractivity contribution < 1.29 is 19.7 Å². The summed E-state index contributed by atoms with van der Waals surface area (Å²) in [6.07, 6.45) is 11.1. The summed E-state index contributed by atoms with van der Waals surface area (Å²) in [6, 6.07) is 0. The van der Waals surface area contributed by atoms with Crippen molar-refractivity contribution in [3.05, 3.63) is 0 Å². The summed E-state index contributed by atoms with van der Waals surface area (Å²) in [6.45, 7) is 2.28. The van der Waals surface area contributed by atoms with E-state index in [2.05, 4.69) is 11.8 Å². The summed E-state index contributed by atoms with van der Waals surface area (Å²) in [4.78, 5) is 23.4. The zero-order valence-electron chi connectivity index (χ0n) is 11.1. The Morgan fingerprint density at radius 3 is 2.56 bits per heavy atom. The van der Waals surface area contributed by atoms with Crippen molar-refractivity contribution in [2.75, 3.05) is 0 Å². The van der Waals surface area contributed by atoms with E-state index in [1.54, 1.807) is 0 Å². The monoisotopic (exact) mass is 320 g/mol. The fourth-order valence-corrected chi connectivity index (χ4v) is 2.09. The van der Waals surface area contributed by atoms with E-state index in [9.17, 15) is 9.59 Å². The molecule has 4 nitrogen and oxygen atoms in total. The van der Waals surface area contributed by atoms with Crippen molar-refractivity contribution in [1.29, 1.82) is 0 Å². The van der Waals surface area contributed by atoms with Gasteiger partial charge in [-0.1, -0.05) is 51.9 Å². The van der Waals surface area contributed by atoms with Crippen LogP contribution in [0, 0.1) is 5.92 Å². The molecule has 0 radical (unpaired) electrons. The number of carbonyl (C=O) groups is 2. The molecule has 0 amide bonds. The van der Waals surface area contributed by atoms with Gasteiger partial charge < -0.3 is 0 Å². The standard InChI is InChI=1S/C9H18.C4H7AsO4/c1-2-3-4-6-9-7-5-8-9;5-3(1-2-6)4(7)9-8/h9H,2-8H2,1H3;2-3,8H,1,5H2. The third kappa shape index (κ3) is 8.71. The topological polar surface area (TPSA) is 63.6 Å². The predicted octanol–water partition coefficient (Wildman–Crippen LogP) is 2.38. The average molecular weight is 320 g/mol. The second-order valence-electron chi connectivity index (χ2n) is 4.71. The maximum atomic E-state index is 10.3. The van der Waals surface area contributed by atoms with Crippen molar-refractivity contribution in [1.82, 2.24) is 0 Å². The van der Waals surface area contributed by atoms with E-state index in [0.717, 1.165) is 22.8 Å². The first-order chi connectivity index (χ1) is 8.65. The van der Waals surface area contributed by atoms with Gasteiger partial charge in [0.1, 0.15) is 0 Å². The number of rotatable bonds is 7. The first kappa shape index (κ1) is 17.7. The maximum absolute atomic E-state index is 10.3. The van der Waals surface area contributed by atoms with Gasteiger partial charge in [0.2, 0.25) is 0 Å². The molecule has 2 unspecified atom stereocenters. The van der Waals surface area contributed by atoms with Crippen LogP contribution in [0.25, 0.3) is 0 Å². The van der Waals surface area contributed by atoms with Gasteiger partial charge in [0, 0.05) is 0 Å². The zero-order valence-corrected chi connectivity index (χ0v) is 13.6. The van der Waals surface area contributed by atoms with Gasteiger partial charge in [0.05, 0.1) is 0 Å². The van der Waals surface area contributed by atoms with Gasteiger partial charge in [-0.3, -0.25) is 0 Å². The Hall–Kier alpha value is -0.342. The molecule has 1 rings (SSSR count). The number of carbonyl (C=O) groups excluding carboxylic acids is 2. The van der Waals surface area contributed by atoms with Crippen LogP contribution in [0.4, 0.5) is 0 Å². The van der Waals surface area contributed by atoms with Gasteiger partial charge in [-0.2, -0.15) is 0 Å². The molecule has 0 aliphatic heterocycles. The van der Waals surface area contributed by atoms with Crippen LogP contribution in [-0.2, 0) is 14.5 Å². The van der Waals surface area contributed by atoms with E-state index in [0.29, 0.717) is 6.29 Å². The molecule has 1 aliphatic rings. The molecule has 1 N–H and O–H groups in total. The molecule has 0 spiro atoms. The van der Waals surface area contributed by atoms with Crippen LogP contribution in [0.1, 0.15) is 58.3 Å². The average Bonchev–Trinajstić information content (AvgIpc) is 2.32. The number of aldehydes is 1. The Morgan fingerprint density at radius 2 is 2.17 bits per heavy atom. The van der Waals surface area contributed by atoms with Crippen LogP contribution in [0.2, 0.25) is 4.71 Å². The molecule has 1 aliphatic carbocycles. The molecule has 106 valence electrons. The third-order valence-electron chi connectivity index (χ3n) is 3.18. The molecule has 0 bridgehead atoms. The fourth-order valence-electron chi connectivity index (χ4n) is 1.73. The number of hydrogen-bond donors (Lipinski definition) is 1. The van der Waals surface area contributed by atoms with E-state index in [1.807, 2.05) is 0 Å². The van der Waals surface area contributed by atoms with Gasteiger partial charge in [-0.15, -0.1) is 0 Å². The summed E-state index contributed by atoms with van der Waals surface area (Å²) in [5.41, 5.74) is 0. The van der Waals surface area contributed by atoms with Gasteiger partial charge in [0.25, 0.3) is 0 Å². The summed E-state index contributed by atoms with van der Waals surface area (Å²) in [5, 5.41) is 7.78. The molecule has 0 aromatic rings. The Labute approximate surface area is 118 Å². The van der Waals surface area contributed by atoms with Crippen molar-refractivity contribution in [3.63, 3.8) is 0 Å². The molecule has 2 atom stereocenters. The minimum absolute atomic E-state index is 0.111. The molecule has 0 aromatic carbocycles. The van der Waals surface area contributed by atoms with E-state index in [-0.39, 0.29) is 6.42 Å². The van der Waals surface area contributed by atoms with Gasteiger partial charge in [-0.25, -0.2) is 0 Å². The Morgan fingerprint density at radius 1 is 1.50 bits per heavy atom. The van der Waals surface area contributed by atoms with Crippen LogP contribution in [0.3, 0.4) is 0 Å². The Balaban J connectivity index is 0.000000321. The molecule has 0 saturated heterocycles. The number of unbranched alkanes of at least 4 members (excludes halogenated alkanes) is 2. The third-order valence-corrected chi connectivity index (χ3v) is 4.33. The van der Waals surface area contributed by atoms with Crippen molar-refractivity contribution in [2.24, 2.45) is 5.92 Å². The minimum atomic E-state index is -0.748. The fraction of sp³-hybridized carbons (Fsp3) is 0.846. The van der Waals surface area contributed by atoms with Crippen molar-refractivity contribution in [3.8, 4) is 0 Å². The van der Waals surface area contributed by atoms with Crippen LogP contribution in [-0.4, -0.2) is 34.4 Å². The van der Waals surface area contributed by atoms with Gasteiger partial charge in [-0.05, 0) is 5.92 Å². The molecule has 1 saturated carbocycles. The molecular formula is C13H25AsO4. The Bertz CT molecular complexity index is 229. The molecule has 0 aromatic heterocycles. The quantitative estimate of drug-likeness (QED) is 0.257. The van der Waals surface area contributed by atoms with Crippen LogP contribution >= 0.6 is 0 Å². The normalized spacial score (nSPS) is 15.9. The summed E-state index contributed by atoms with van der Waals surface area (Å²) >= 11 is 1.06. The van der Waals surface area contributed by atoms with E-state index < -0.39 is 10.7 Å². The number of hydrogen-bond acceptors (Lipinski definition) is 4. The van der Waals surface area contributed by atoms with Crippen LogP contribution in [0.5, 0.6) is 0 Å². The van der Waals surface area contributed by atoms with Gasteiger partial charge in [0.15, 0.2) is 0 Å². The second kappa shape index (κ2) is 11.7. The Kier molecular flexibility index (Phi) is 11.5. The van der Waals surface area contributed by atoms with Crippen molar-refractivity contribution in [2.45, 2.75) is 63.0 Å². The zero-order chi connectivity index (χ0) is 13.8. The molecule has 1 fully saturated rings. The van der Waals surface area contributed by atoms with Gasteiger partial charge >= 0.3 is 60.0 Å². The summed E-state index contributed by atoms with van der Waals surface area (Å²) in [5.74, 6) is 0.388. The molecule has 18 heavy (non-hydrogen) atoms. The van der Waals surface area contributed by atoms with E-state index in [1.165, 1.54) is 44.9 Å². The van der Waals surface area contributed by atoms with Crippen LogP contribution < -0.4 is 0 Å². The molecule has 5 heteroatoms. The second-order valence-corrected chi connectivity index (χ2v) is 6.40. The molecular weight excluding hydrogens is 295 g/mol. The van der Waals surface area contributed by atoms with E-state index >= 15 is 0 Å². The summed E-state index contributed by atoms with van der Waals surface area (Å²) < 4.78 is -0.486. The summed E-state index contributed by atoms with van der Waals surface area (Å²) in [7, 11) is 0. The first-order valence-electron chi connectivity index (χ1n) is 6.70. The predicted molar refractivity (Wildman–Crippen MR) is 73.2 cm³/mol. The molecule has 0 heterocycles.